The molecule has 3 aromatic carbocycles. The fourth-order valence-electron chi connectivity index (χ4n) is 4.54. The van der Waals surface area contributed by atoms with Crippen LogP contribution in [0.3, 0.4) is 0 Å². The number of carbonyl (C=O) groups is 1. The van der Waals surface area contributed by atoms with E-state index in [2.05, 4.69) is 5.32 Å². The number of hydrogen-bond acceptors (Lipinski definition) is 6. The molecule has 12 heteroatoms. The van der Waals surface area contributed by atoms with Gasteiger partial charge in [-0.15, -0.1) is 0 Å². The second kappa shape index (κ2) is 12.9. The van der Waals surface area contributed by atoms with Crippen LogP contribution >= 0.6 is 11.6 Å². The molecule has 1 atom stereocenters. The molecule has 4 rings (SSSR count). The maximum atomic E-state index is 15.6. The number of halogens is 2. The van der Waals surface area contributed by atoms with Crippen molar-refractivity contribution in [2.24, 2.45) is 0 Å². The van der Waals surface area contributed by atoms with Crippen LogP contribution in [0.15, 0.2) is 89.2 Å². The van der Waals surface area contributed by atoms with E-state index in [4.69, 9.17) is 16.3 Å². The average molecular weight is 635 g/mol. The van der Waals surface area contributed by atoms with Crippen molar-refractivity contribution >= 4 is 37.4 Å². The largest absolute Gasteiger partial charge is 0.489 e. The molecule has 1 saturated heterocycles. The molecule has 1 aliphatic heterocycles. The minimum absolute atomic E-state index is 0.00227. The van der Waals surface area contributed by atoms with Crippen molar-refractivity contribution < 1.29 is 30.8 Å². The van der Waals surface area contributed by atoms with Crippen LogP contribution in [0.4, 0.5) is 4.39 Å². The van der Waals surface area contributed by atoms with Gasteiger partial charge in [0.1, 0.15) is 12.4 Å². The lowest BCUT2D eigenvalue weighted by atomic mass is 9.93. The molecule has 3 aromatic rings. The number of nitrogens with zero attached hydrogens (tertiary/aromatic N) is 1. The lowest BCUT2D eigenvalue weighted by molar-refractivity contribution is -0.135. The van der Waals surface area contributed by atoms with E-state index in [0.29, 0.717) is 28.5 Å². The van der Waals surface area contributed by atoms with Crippen LogP contribution in [0.25, 0.3) is 11.1 Å². The zero-order chi connectivity index (χ0) is 30.5. The van der Waals surface area contributed by atoms with Crippen molar-refractivity contribution in [3.63, 3.8) is 0 Å². The quantitative estimate of drug-likeness (QED) is 0.331. The molecule has 0 unspecified atom stereocenters. The van der Waals surface area contributed by atoms with Crippen LogP contribution in [0, 0.1) is 0 Å². The highest BCUT2D eigenvalue weighted by Crippen LogP contribution is 2.36. The van der Waals surface area contributed by atoms with Gasteiger partial charge in [-0.05, 0) is 48.4 Å². The molecule has 1 aliphatic rings. The summed E-state index contributed by atoms with van der Waals surface area (Å²) in [5.74, 6) is -0.365. The molecule has 0 saturated carbocycles. The number of nitrogens with one attached hydrogen (secondary N) is 1. The maximum absolute atomic E-state index is 15.6. The Morgan fingerprint density at radius 3 is 2.40 bits per heavy atom. The van der Waals surface area contributed by atoms with Gasteiger partial charge in [-0.3, -0.25) is 4.79 Å². The number of hydrogen-bond donors (Lipinski definition) is 1. The van der Waals surface area contributed by atoms with E-state index in [1.165, 1.54) is 25.1 Å². The molecule has 1 N–H and O–H groups in total. The van der Waals surface area contributed by atoms with Gasteiger partial charge in [0.2, 0.25) is 10.0 Å². The molecular formula is C30H32ClFN2O6S2. The van der Waals surface area contributed by atoms with Crippen LogP contribution < -0.4 is 10.1 Å². The number of rotatable bonds is 10. The topological polar surface area (TPSA) is 110 Å². The molecule has 0 spiro atoms. The molecule has 0 bridgehead atoms. The molecule has 224 valence electrons. The molecule has 1 fully saturated rings. The predicted molar refractivity (Wildman–Crippen MR) is 161 cm³/mol. The molecule has 0 aromatic heterocycles. The second-order valence-corrected chi connectivity index (χ2v) is 14.5. The van der Waals surface area contributed by atoms with E-state index in [1.54, 1.807) is 30.3 Å². The first-order valence-electron chi connectivity index (χ1n) is 13.2. The van der Waals surface area contributed by atoms with Crippen molar-refractivity contribution in [3.05, 3.63) is 94.9 Å². The molecule has 1 heterocycles. The van der Waals surface area contributed by atoms with E-state index < -0.39 is 37.5 Å². The van der Waals surface area contributed by atoms with E-state index in [1.807, 2.05) is 30.3 Å². The van der Waals surface area contributed by atoms with Gasteiger partial charge in [-0.1, -0.05) is 60.1 Å². The van der Waals surface area contributed by atoms with Crippen molar-refractivity contribution in [2.45, 2.75) is 43.0 Å². The Morgan fingerprint density at radius 1 is 1.05 bits per heavy atom. The summed E-state index contributed by atoms with van der Waals surface area (Å²) in [7, 11) is -7.49. The summed E-state index contributed by atoms with van der Waals surface area (Å²) >= 11 is 6.27. The third kappa shape index (κ3) is 7.97. The third-order valence-electron chi connectivity index (χ3n) is 6.85. The van der Waals surface area contributed by atoms with Gasteiger partial charge in [-0.2, -0.15) is 4.31 Å². The van der Waals surface area contributed by atoms with Crippen LogP contribution in [0.2, 0.25) is 5.02 Å². The number of amides is 1. The predicted octanol–water partition coefficient (Wildman–Crippen LogP) is 5.14. The van der Waals surface area contributed by atoms with Gasteiger partial charge in [0.05, 0.1) is 4.90 Å². The van der Waals surface area contributed by atoms with Crippen molar-refractivity contribution in [1.29, 1.82) is 0 Å². The molecular weight excluding hydrogens is 603 g/mol. The van der Waals surface area contributed by atoms with Crippen molar-refractivity contribution in [3.8, 4) is 16.9 Å². The fourth-order valence-corrected chi connectivity index (χ4v) is 6.87. The number of sulfonamides is 1. The van der Waals surface area contributed by atoms with Crippen molar-refractivity contribution in [1.82, 2.24) is 9.62 Å². The van der Waals surface area contributed by atoms with Gasteiger partial charge in [0.15, 0.2) is 15.5 Å². The number of benzene rings is 3. The summed E-state index contributed by atoms with van der Waals surface area (Å²) in [5.41, 5.74) is -0.369. The van der Waals surface area contributed by atoms with Crippen LogP contribution in [-0.2, 0) is 31.3 Å². The number of carbonyl (C=O) groups excluding carboxylic acids is 1. The summed E-state index contributed by atoms with van der Waals surface area (Å²) in [5, 5.41) is 3.73. The van der Waals surface area contributed by atoms with Gasteiger partial charge in [0.25, 0.3) is 5.91 Å². The molecule has 0 radical (unpaired) electrons. The summed E-state index contributed by atoms with van der Waals surface area (Å²) in [6, 6.07) is 20.4. The van der Waals surface area contributed by atoms with Gasteiger partial charge in [-0.25, -0.2) is 21.2 Å². The summed E-state index contributed by atoms with van der Waals surface area (Å²) in [6.07, 6.45) is 1.55. The monoisotopic (exact) mass is 634 g/mol. The fraction of sp³-hybridized carbons (Fsp3) is 0.300. The van der Waals surface area contributed by atoms with Crippen LogP contribution in [0.5, 0.6) is 5.75 Å². The van der Waals surface area contributed by atoms with E-state index in [0.717, 1.165) is 21.5 Å². The number of alkyl halides is 1. The number of sulfone groups is 1. The zero-order valence-electron chi connectivity index (χ0n) is 23.2. The normalized spacial score (nSPS) is 16.7. The Balaban J connectivity index is 1.50. The average Bonchev–Trinajstić information content (AvgIpc) is 2.95. The Kier molecular flexibility index (Phi) is 9.77. The third-order valence-corrected chi connectivity index (χ3v) is 9.69. The minimum atomic E-state index is -4.09. The van der Waals surface area contributed by atoms with Crippen molar-refractivity contribution in [2.75, 3.05) is 19.3 Å². The number of piperidine rings is 1. The lowest BCUT2D eigenvalue weighted by Crippen LogP contribution is -2.53. The van der Waals surface area contributed by atoms with Crippen LogP contribution in [-0.4, -0.2) is 58.1 Å². The first-order chi connectivity index (χ1) is 19.8. The number of ether oxygens (including phenoxy) is 1. The molecule has 42 heavy (non-hydrogen) atoms. The van der Waals surface area contributed by atoms with E-state index in [-0.39, 0.29) is 30.8 Å². The second-order valence-electron chi connectivity index (χ2n) is 10.2. The SMILES string of the molecule is C[C@@H](/C=C\S(C)(=O)=O)NC(=O)C1(F)CCN(S(=O)(=O)c2ccc(Cl)cc2-c2cccc(OCc3ccccc3)c2)CC1. The summed E-state index contributed by atoms with van der Waals surface area (Å²) in [6.45, 7) is 1.42. The summed E-state index contributed by atoms with van der Waals surface area (Å²) < 4.78 is 72.9. The Hall–Kier alpha value is -3.25. The Morgan fingerprint density at radius 2 is 1.74 bits per heavy atom. The highest BCUT2D eigenvalue weighted by atomic mass is 35.5. The zero-order valence-corrected chi connectivity index (χ0v) is 25.6. The molecule has 0 aliphatic carbocycles. The highest BCUT2D eigenvalue weighted by molar-refractivity contribution is 7.93. The first-order valence-corrected chi connectivity index (χ1v) is 17.0. The Bertz CT molecular complexity index is 1670. The highest BCUT2D eigenvalue weighted by Gasteiger charge is 2.44. The first kappa shape index (κ1) is 31.7. The van der Waals surface area contributed by atoms with Gasteiger partial charge >= 0.3 is 0 Å². The van der Waals surface area contributed by atoms with E-state index in [9.17, 15) is 21.6 Å². The lowest BCUT2D eigenvalue weighted by Gasteiger charge is -2.35. The van der Waals surface area contributed by atoms with E-state index >= 15 is 4.39 Å². The smallest absolute Gasteiger partial charge is 0.258 e. The minimum Gasteiger partial charge on any atom is -0.489 e. The molecule has 1 amide bonds. The summed E-state index contributed by atoms with van der Waals surface area (Å²) in [4.78, 5) is 12.7. The maximum Gasteiger partial charge on any atom is 0.258 e. The van der Waals surface area contributed by atoms with Gasteiger partial charge in [0, 0.05) is 54.2 Å². The van der Waals surface area contributed by atoms with Crippen LogP contribution in [0.1, 0.15) is 25.3 Å². The Labute approximate surface area is 251 Å². The molecule has 8 nitrogen and oxygen atoms in total. The van der Waals surface area contributed by atoms with Gasteiger partial charge < -0.3 is 10.1 Å². The standard InChI is InChI=1S/C30H32ClFN2O6S2/c1-22(13-18-41(2,36)37)33-29(35)30(32)14-16-34(17-15-30)42(38,39)28-12-11-25(31)20-27(28)24-9-6-10-26(19-24)40-21-23-7-4-3-5-8-23/h3-13,18-20,22H,14-17,21H2,1-2H3,(H,33,35)/b18-13-/t22-/m0/s1.